The quantitative estimate of drug-likeness (QED) is 0.648. The van der Waals surface area contributed by atoms with E-state index in [0.717, 1.165) is 27.7 Å². The third kappa shape index (κ3) is 3.10. The molecule has 6 nitrogen and oxygen atoms in total. The molecule has 0 unspecified atom stereocenters. The van der Waals surface area contributed by atoms with Gasteiger partial charge in [0, 0.05) is 30.1 Å². The molecule has 0 spiro atoms. The maximum absolute atomic E-state index is 12.4. The number of H-pyrrole nitrogens is 1. The summed E-state index contributed by atoms with van der Waals surface area (Å²) in [5, 5.41) is 13.1. The molecule has 6 heteroatoms. The first-order valence-corrected chi connectivity index (χ1v) is 8.54. The van der Waals surface area contributed by atoms with E-state index >= 15 is 0 Å². The fourth-order valence-electron chi connectivity index (χ4n) is 3.17. The summed E-state index contributed by atoms with van der Waals surface area (Å²) in [6, 6.07) is 5.43. The lowest BCUT2D eigenvalue weighted by atomic mass is 10.0. The van der Waals surface area contributed by atoms with Gasteiger partial charge in [0.2, 0.25) is 0 Å². The molecule has 0 bridgehead atoms. The number of aryl methyl sites for hydroxylation is 4. The van der Waals surface area contributed by atoms with Crippen LogP contribution in [0.15, 0.2) is 22.6 Å². The molecule has 2 heterocycles. The second kappa shape index (κ2) is 6.71. The van der Waals surface area contributed by atoms with E-state index < -0.39 is 11.9 Å². The number of rotatable bonds is 5. The van der Waals surface area contributed by atoms with Crippen molar-refractivity contribution >= 4 is 22.8 Å². The van der Waals surface area contributed by atoms with Crippen LogP contribution in [0.25, 0.3) is 10.9 Å². The van der Waals surface area contributed by atoms with Crippen LogP contribution >= 0.6 is 0 Å². The molecule has 0 fully saturated rings. The second-order valence-electron chi connectivity index (χ2n) is 6.51. The van der Waals surface area contributed by atoms with Crippen molar-refractivity contribution in [1.29, 1.82) is 0 Å². The minimum absolute atomic E-state index is 0.0157. The Bertz CT molecular complexity index is 1010. The number of nitrogens with one attached hydrogen (secondary N) is 2. The van der Waals surface area contributed by atoms with Crippen molar-refractivity contribution in [1.82, 2.24) is 10.3 Å². The van der Waals surface area contributed by atoms with Gasteiger partial charge in [0.25, 0.3) is 5.91 Å². The fourth-order valence-corrected chi connectivity index (χ4v) is 3.17. The van der Waals surface area contributed by atoms with Crippen molar-refractivity contribution in [2.24, 2.45) is 0 Å². The van der Waals surface area contributed by atoms with Gasteiger partial charge in [0.15, 0.2) is 5.76 Å². The molecule has 1 aromatic carbocycles. The fraction of sp³-hybridized carbons (Fsp3) is 0.300. The Morgan fingerprint density at radius 1 is 1.19 bits per heavy atom. The molecule has 0 aliphatic carbocycles. The monoisotopic (exact) mass is 354 g/mol. The van der Waals surface area contributed by atoms with Crippen molar-refractivity contribution in [3.63, 3.8) is 0 Å². The number of amides is 1. The van der Waals surface area contributed by atoms with Crippen LogP contribution in [0.1, 0.15) is 56.0 Å². The first-order chi connectivity index (χ1) is 12.3. The first-order valence-electron chi connectivity index (χ1n) is 8.54. The van der Waals surface area contributed by atoms with Gasteiger partial charge < -0.3 is 19.8 Å². The lowest BCUT2D eigenvalue weighted by Gasteiger charge is -2.07. The molecule has 3 aromatic rings. The largest absolute Gasteiger partial charge is 0.478 e. The highest BCUT2D eigenvalue weighted by molar-refractivity contribution is 5.96. The van der Waals surface area contributed by atoms with E-state index in [0.29, 0.717) is 18.7 Å². The number of aromatic amines is 1. The lowest BCUT2D eigenvalue weighted by Crippen LogP contribution is -2.22. The highest BCUT2D eigenvalue weighted by atomic mass is 16.4. The van der Waals surface area contributed by atoms with Crippen molar-refractivity contribution in [3.8, 4) is 0 Å². The predicted molar refractivity (Wildman–Crippen MR) is 98.7 cm³/mol. The van der Waals surface area contributed by atoms with E-state index in [1.165, 1.54) is 11.6 Å². The molecule has 0 saturated heterocycles. The van der Waals surface area contributed by atoms with E-state index in [9.17, 15) is 14.7 Å². The standard InChI is InChI=1S/C20H22N2O4/c1-5-16-15(20(24)25)8-17(26-16)19(23)21-9-13-6-10(2)7-14-11(3)12(4)22-18(13)14/h6-8,22H,5,9H2,1-4H3,(H,21,23)(H,24,25). The van der Waals surface area contributed by atoms with Gasteiger partial charge in [-0.05, 0) is 38.0 Å². The Hall–Kier alpha value is -3.02. The zero-order chi connectivity index (χ0) is 19.0. The molecule has 2 aromatic heterocycles. The number of carboxylic acids is 1. The molecule has 0 radical (unpaired) electrons. The van der Waals surface area contributed by atoms with E-state index in [-0.39, 0.29) is 11.3 Å². The van der Waals surface area contributed by atoms with Crippen LogP contribution in [0, 0.1) is 20.8 Å². The van der Waals surface area contributed by atoms with Crippen LogP contribution in [0.3, 0.4) is 0 Å². The van der Waals surface area contributed by atoms with Gasteiger partial charge in [0.1, 0.15) is 11.3 Å². The molecule has 0 atom stereocenters. The molecule has 3 N–H and O–H groups in total. The molecular formula is C20H22N2O4. The van der Waals surface area contributed by atoms with Crippen LogP contribution in [-0.4, -0.2) is 22.0 Å². The zero-order valence-electron chi connectivity index (χ0n) is 15.3. The highest BCUT2D eigenvalue weighted by Crippen LogP contribution is 2.26. The molecular weight excluding hydrogens is 332 g/mol. The first kappa shape index (κ1) is 17.8. The number of carbonyl (C=O) groups is 2. The Morgan fingerprint density at radius 3 is 2.54 bits per heavy atom. The Labute approximate surface area is 151 Å². The van der Waals surface area contributed by atoms with E-state index in [1.54, 1.807) is 6.92 Å². The summed E-state index contributed by atoms with van der Waals surface area (Å²) in [5.41, 5.74) is 5.43. The van der Waals surface area contributed by atoms with Crippen molar-refractivity contribution in [2.75, 3.05) is 0 Å². The van der Waals surface area contributed by atoms with Gasteiger partial charge in [-0.25, -0.2) is 4.79 Å². The van der Waals surface area contributed by atoms with E-state index in [1.807, 2.05) is 19.9 Å². The SMILES string of the molecule is CCc1oc(C(=O)NCc2cc(C)cc3c(C)c(C)[nH]c23)cc1C(=O)O. The van der Waals surface area contributed by atoms with Gasteiger partial charge in [-0.15, -0.1) is 0 Å². The minimum atomic E-state index is -1.10. The average Bonchev–Trinajstić information content (AvgIpc) is 3.15. The molecule has 0 saturated carbocycles. The summed E-state index contributed by atoms with van der Waals surface area (Å²) in [6.07, 6.45) is 0.411. The van der Waals surface area contributed by atoms with Crippen LogP contribution in [0.5, 0.6) is 0 Å². The van der Waals surface area contributed by atoms with Gasteiger partial charge in [0.05, 0.1) is 5.52 Å². The van der Waals surface area contributed by atoms with Gasteiger partial charge >= 0.3 is 5.97 Å². The number of aromatic carboxylic acids is 1. The summed E-state index contributed by atoms with van der Waals surface area (Å²) in [5.74, 6) is -1.21. The van der Waals surface area contributed by atoms with Gasteiger partial charge in [-0.3, -0.25) is 4.79 Å². The topological polar surface area (TPSA) is 95.3 Å². The number of carbonyl (C=O) groups excluding carboxylic acids is 1. The maximum atomic E-state index is 12.4. The molecule has 3 rings (SSSR count). The number of hydrogen-bond acceptors (Lipinski definition) is 3. The van der Waals surface area contributed by atoms with E-state index in [4.69, 9.17) is 4.42 Å². The summed E-state index contributed by atoms with van der Waals surface area (Å²) in [4.78, 5) is 27.0. The van der Waals surface area contributed by atoms with Crippen molar-refractivity contribution in [2.45, 2.75) is 40.7 Å². The van der Waals surface area contributed by atoms with Crippen molar-refractivity contribution < 1.29 is 19.1 Å². The number of furan rings is 1. The van der Waals surface area contributed by atoms with Crippen molar-refractivity contribution in [3.05, 3.63) is 57.7 Å². The lowest BCUT2D eigenvalue weighted by molar-refractivity contribution is 0.0694. The van der Waals surface area contributed by atoms with Crippen LogP contribution in [0.2, 0.25) is 0 Å². The average molecular weight is 354 g/mol. The third-order valence-corrected chi connectivity index (χ3v) is 4.67. The number of hydrogen-bond donors (Lipinski definition) is 3. The Morgan fingerprint density at radius 2 is 1.92 bits per heavy atom. The van der Waals surface area contributed by atoms with Crippen LogP contribution in [-0.2, 0) is 13.0 Å². The summed E-state index contributed by atoms with van der Waals surface area (Å²) in [7, 11) is 0. The smallest absolute Gasteiger partial charge is 0.339 e. The normalized spacial score (nSPS) is 11.1. The summed E-state index contributed by atoms with van der Waals surface area (Å²) < 4.78 is 5.41. The van der Waals surface area contributed by atoms with E-state index in [2.05, 4.69) is 23.3 Å². The minimum Gasteiger partial charge on any atom is -0.478 e. The highest BCUT2D eigenvalue weighted by Gasteiger charge is 2.20. The maximum Gasteiger partial charge on any atom is 0.339 e. The summed E-state index contributed by atoms with van der Waals surface area (Å²) in [6.45, 7) is 8.22. The number of aromatic nitrogens is 1. The molecule has 0 aliphatic rings. The molecule has 0 aliphatic heterocycles. The Balaban J connectivity index is 1.85. The Kier molecular flexibility index (Phi) is 4.59. The number of fused-ring (bicyclic) bond motifs is 1. The van der Waals surface area contributed by atoms with Gasteiger partial charge in [-0.1, -0.05) is 18.6 Å². The van der Waals surface area contributed by atoms with Gasteiger partial charge in [-0.2, -0.15) is 0 Å². The third-order valence-electron chi connectivity index (χ3n) is 4.67. The van der Waals surface area contributed by atoms with Crippen LogP contribution in [0.4, 0.5) is 0 Å². The second-order valence-corrected chi connectivity index (χ2v) is 6.51. The molecule has 26 heavy (non-hydrogen) atoms. The summed E-state index contributed by atoms with van der Waals surface area (Å²) >= 11 is 0. The number of carboxylic acid groups (broad SMARTS) is 1. The zero-order valence-corrected chi connectivity index (χ0v) is 15.3. The molecule has 136 valence electrons. The molecule has 1 amide bonds. The number of benzene rings is 1. The van der Waals surface area contributed by atoms with Crippen LogP contribution < -0.4 is 5.32 Å². The predicted octanol–water partition coefficient (Wildman–Crippen LogP) is 3.88.